The van der Waals surface area contributed by atoms with Crippen molar-refractivity contribution in [1.82, 2.24) is 20.3 Å². The molecule has 180 valence electrons. The highest BCUT2D eigenvalue weighted by Crippen LogP contribution is 2.30. The minimum Gasteiger partial charge on any atom is -0.455 e. The standard InChI is InChI=1S/C29H27N5O2/c1-19-15-23(10-13-27(19)36-24-11-8-20(2)31-17-24)34-28-25-16-21(9-12-26(25)32-18-33-28)5-4-14-30-29(35)22-6-3-7-22/h8-13,15-18,22H,3,6-7,14H2,1-2H3,(H,30,35)(H,32,33,34). The molecule has 0 spiro atoms. The van der Waals surface area contributed by atoms with Gasteiger partial charge in [0, 0.05) is 28.2 Å². The number of aryl methyl sites for hydroxylation is 2. The smallest absolute Gasteiger partial charge is 0.223 e. The van der Waals surface area contributed by atoms with Crippen molar-refractivity contribution in [3.63, 3.8) is 0 Å². The van der Waals surface area contributed by atoms with Gasteiger partial charge in [-0.2, -0.15) is 0 Å². The van der Waals surface area contributed by atoms with E-state index in [1.165, 1.54) is 0 Å². The normalized spacial score (nSPS) is 12.8. The first kappa shape index (κ1) is 23.3. The van der Waals surface area contributed by atoms with Crippen LogP contribution >= 0.6 is 0 Å². The van der Waals surface area contributed by atoms with E-state index in [0.717, 1.165) is 58.4 Å². The molecule has 2 N–H and O–H groups in total. The quantitative estimate of drug-likeness (QED) is 0.359. The number of carbonyl (C=O) groups is 1. The molecule has 0 aliphatic heterocycles. The number of hydrogen-bond donors (Lipinski definition) is 2. The fraction of sp³-hybridized carbons (Fsp3) is 0.241. The SMILES string of the molecule is Cc1ccc(Oc2ccc(Nc3ncnc4ccc(C#CCNC(=O)C5CCC5)cc34)cc2C)cn1. The van der Waals surface area contributed by atoms with Gasteiger partial charge in [0.1, 0.15) is 23.6 Å². The van der Waals surface area contributed by atoms with E-state index in [2.05, 4.69) is 37.4 Å². The maximum atomic E-state index is 12.0. The Morgan fingerprint density at radius 1 is 1.06 bits per heavy atom. The van der Waals surface area contributed by atoms with E-state index in [4.69, 9.17) is 4.74 Å². The van der Waals surface area contributed by atoms with Crippen LogP contribution in [0.4, 0.5) is 11.5 Å². The Morgan fingerprint density at radius 2 is 1.94 bits per heavy atom. The number of rotatable bonds is 6. The molecule has 0 bridgehead atoms. The molecule has 2 aromatic carbocycles. The third kappa shape index (κ3) is 5.44. The first-order valence-electron chi connectivity index (χ1n) is 12.0. The van der Waals surface area contributed by atoms with Gasteiger partial charge in [0.05, 0.1) is 18.3 Å². The van der Waals surface area contributed by atoms with Crippen LogP contribution in [-0.4, -0.2) is 27.4 Å². The fourth-order valence-electron chi connectivity index (χ4n) is 3.95. The molecule has 7 heteroatoms. The number of aromatic nitrogens is 3. The van der Waals surface area contributed by atoms with Crippen LogP contribution in [0.25, 0.3) is 10.9 Å². The fourth-order valence-corrected chi connectivity index (χ4v) is 3.95. The van der Waals surface area contributed by atoms with Gasteiger partial charge in [0.2, 0.25) is 5.91 Å². The Balaban J connectivity index is 1.30. The molecule has 2 heterocycles. The number of benzene rings is 2. The number of carbonyl (C=O) groups excluding carboxylic acids is 1. The molecule has 0 saturated heterocycles. The average molecular weight is 478 g/mol. The second-order valence-corrected chi connectivity index (χ2v) is 8.94. The van der Waals surface area contributed by atoms with Crippen LogP contribution in [0.5, 0.6) is 11.5 Å². The largest absolute Gasteiger partial charge is 0.455 e. The molecule has 2 aromatic heterocycles. The van der Waals surface area contributed by atoms with Gasteiger partial charge in [-0.15, -0.1) is 0 Å². The van der Waals surface area contributed by atoms with Gasteiger partial charge in [-0.05, 0) is 80.8 Å². The lowest BCUT2D eigenvalue weighted by Crippen LogP contribution is -2.34. The van der Waals surface area contributed by atoms with Crippen LogP contribution in [0.1, 0.15) is 36.1 Å². The zero-order chi connectivity index (χ0) is 24.9. The topological polar surface area (TPSA) is 89.0 Å². The zero-order valence-electron chi connectivity index (χ0n) is 20.3. The van der Waals surface area contributed by atoms with Crippen LogP contribution in [0.15, 0.2) is 61.1 Å². The van der Waals surface area contributed by atoms with Gasteiger partial charge in [0.25, 0.3) is 0 Å². The molecule has 1 aliphatic carbocycles. The molecule has 7 nitrogen and oxygen atoms in total. The van der Waals surface area contributed by atoms with Crippen LogP contribution < -0.4 is 15.4 Å². The zero-order valence-corrected chi connectivity index (χ0v) is 20.3. The molecule has 1 amide bonds. The van der Waals surface area contributed by atoms with E-state index in [0.29, 0.717) is 18.1 Å². The number of nitrogens with zero attached hydrogens (tertiary/aromatic N) is 3. The van der Waals surface area contributed by atoms with Crippen molar-refractivity contribution in [3.05, 3.63) is 77.9 Å². The summed E-state index contributed by atoms with van der Waals surface area (Å²) in [6.45, 7) is 4.28. The van der Waals surface area contributed by atoms with Crippen molar-refractivity contribution in [3.8, 4) is 23.3 Å². The van der Waals surface area contributed by atoms with Crippen molar-refractivity contribution in [2.45, 2.75) is 33.1 Å². The van der Waals surface area contributed by atoms with Gasteiger partial charge >= 0.3 is 0 Å². The van der Waals surface area contributed by atoms with Gasteiger partial charge in [0.15, 0.2) is 0 Å². The number of ether oxygens (including phenoxy) is 1. The molecule has 0 atom stereocenters. The first-order chi connectivity index (χ1) is 17.5. The van der Waals surface area contributed by atoms with E-state index >= 15 is 0 Å². The third-order valence-electron chi connectivity index (χ3n) is 6.24. The second kappa shape index (κ2) is 10.4. The van der Waals surface area contributed by atoms with Gasteiger partial charge in [-0.3, -0.25) is 9.78 Å². The summed E-state index contributed by atoms with van der Waals surface area (Å²) < 4.78 is 5.98. The minimum atomic E-state index is 0.108. The lowest BCUT2D eigenvalue weighted by molar-refractivity contribution is -0.127. The number of anilines is 2. The lowest BCUT2D eigenvalue weighted by atomic mass is 9.85. The predicted octanol–water partition coefficient (Wildman–Crippen LogP) is 5.45. The minimum absolute atomic E-state index is 0.108. The van der Waals surface area contributed by atoms with Crippen LogP contribution in [-0.2, 0) is 4.79 Å². The maximum absolute atomic E-state index is 12.0. The van der Waals surface area contributed by atoms with Crippen LogP contribution in [0, 0.1) is 31.6 Å². The highest BCUT2D eigenvalue weighted by Gasteiger charge is 2.24. The van der Waals surface area contributed by atoms with E-state index < -0.39 is 0 Å². The summed E-state index contributed by atoms with van der Waals surface area (Å²) in [6, 6.07) is 15.5. The second-order valence-electron chi connectivity index (χ2n) is 8.94. The van der Waals surface area contributed by atoms with Crippen molar-refractivity contribution < 1.29 is 9.53 Å². The molecule has 1 fully saturated rings. The van der Waals surface area contributed by atoms with Crippen LogP contribution in [0.2, 0.25) is 0 Å². The highest BCUT2D eigenvalue weighted by atomic mass is 16.5. The summed E-state index contributed by atoms with van der Waals surface area (Å²) in [4.78, 5) is 25.1. The summed E-state index contributed by atoms with van der Waals surface area (Å²) in [7, 11) is 0. The number of hydrogen-bond acceptors (Lipinski definition) is 6. The summed E-state index contributed by atoms with van der Waals surface area (Å²) in [5, 5.41) is 7.16. The summed E-state index contributed by atoms with van der Waals surface area (Å²) in [6.07, 6.45) is 6.37. The van der Waals surface area contributed by atoms with E-state index in [9.17, 15) is 4.79 Å². The maximum Gasteiger partial charge on any atom is 0.223 e. The Labute approximate surface area is 210 Å². The monoisotopic (exact) mass is 477 g/mol. The summed E-state index contributed by atoms with van der Waals surface area (Å²) in [5.41, 5.74) is 4.47. The Bertz CT molecular complexity index is 1470. The molecule has 0 unspecified atom stereocenters. The molecule has 1 aliphatic rings. The number of amides is 1. The Morgan fingerprint density at radius 3 is 2.69 bits per heavy atom. The highest BCUT2D eigenvalue weighted by molar-refractivity contribution is 5.91. The van der Waals surface area contributed by atoms with Crippen molar-refractivity contribution in [1.29, 1.82) is 0 Å². The molecule has 5 rings (SSSR count). The van der Waals surface area contributed by atoms with Gasteiger partial charge < -0.3 is 15.4 Å². The molecule has 4 aromatic rings. The van der Waals surface area contributed by atoms with Crippen molar-refractivity contribution in [2.24, 2.45) is 5.92 Å². The first-order valence-corrected chi connectivity index (χ1v) is 12.0. The number of fused-ring (bicyclic) bond motifs is 1. The van der Waals surface area contributed by atoms with Gasteiger partial charge in [-0.25, -0.2) is 9.97 Å². The molecule has 0 radical (unpaired) electrons. The predicted molar refractivity (Wildman–Crippen MR) is 140 cm³/mol. The molecular formula is C29H27N5O2. The van der Waals surface area contributed by atoms with Crippen molar-refractivity contribution in [2.75, 3.05) is 11.9 Å². The Kier molecular flexibility index (Phi) is 6.76. The van der Waals surface area contributed by atoms with Crippen molar-refractivity contribution >= 4 is 28.3 Å². The molecule has 36 heavy (non-hydrogen) atoms. The average Bonchev–Trinajstić information content (AvgIpc) is 2.84. The van der Waals surface area contributed by atoms with E-state index in [1.807, 2.05) is 62.4 Å². The number of nitrogens with one attached hydrogen (secondary N) is 2. The van der Waals surface area contributed by atoms with Crippen LogP contribution in [0.3, 0.4) is 0 Å². The Hall–Kier alpha value is -4.44. The molecule has 1 saturated carbocycles. The summed E-state index contributed by atoms with van der Waals surface area (Å²) in [5.74, 6) is 8.61. The van der Waals surface area contributed by atoms with E-state index in [1.54, 1.807) is 12.5 Å². The third-order valence-corrected chi connectivity index (χ3v) is 6.24. The lowest BCUT2D eigenvalue weighted by Gasteiger charge is -2.23. The van der Waals surface area contributed by atoms with Gasteiger partial charge in [-0.1, -0.05) is 18.3 Å². The molecular weight excluding hydrogens is 450 g/mol. The summed E-state index contributed by atoms with van der Waals surface area (Å²) >= 11 is 0. The van der Waals surface area contributed by atoms with E-state index in [-0.39, 0.29) is 11.8 Å². The number of pyridine rings is 1.